The van der Waals surface area contributed by atoms with Gasteiger partial charge < -0.3 is 0 Å². The first-order chi connectivity index (χ1) is 10.1. The van der Waals surface area contributed by atoms with Gasteiger partial charge >= 0.3 is 6.18 Å². The fourth-order valence-corrected chi connectivity index (χ4v) is 4.30. The number of benzene rings is 1. The molecule has 1 aromatic carbocycles. The Balaban J connectivity index is 1.96. The largest absolute Gasteiger partial charge is 0.416 e. The normalized spacial score (nSPS) is 29.1. The molecule has 2 aliphatic rings. The van der Waals surface area contributed by atoms with Gasteiger partial charge in [0.2, 0.25) is 0 Å². The Morgan fingerprint density at radius 2 is 1.82 bits per heavy atom. The van der Waals surface area contributed by atoms with E-state index in [1.165, 1.54) is 6.07 Å². The molecule has 1 heterocycles. The molecule has 5 heteroatoms. The van der Waals surface area contributed by atoms with Gasteiger partial charge in [-0.3, -0.25) is 0 Å². The van der Waals surface area contributed by atoms with Crippen LogP contribution in [0.15, 0.2) is 18.2 Å². The van der Waals surface area contributed by atoms with Crippen LogP contribution in [0.5, 0.6) is 0 Å². The van der Waals surface area contributed by atoms with Gasteiger partial charge in [0.15, 0.2) is 0 Å². The molecule has 2 bridgehead atoms. The molecule has 0 aliphatic heterocycles. The molecule has 0 saturated heterocycles. The maximum atomic E-state index is 12.9. The summed E-state index contributed by atoms with van der Waals surface area (Å²) in [6.07, 6.45) is -2.24. The van der Waals surface area contributed by atoms with Crippen LogP contribution >= 0.6 is 0 Å². The van der Waals surface area contributed by atoms with Gasteiger partial charge in [0.25, 0.3) is 0 Å². The fraction of sp³-hybridized carbons (Fsp3) is 0.529. The Morgan fingerprint density at radius 1 is 1.09 bits per heavy atom. The van der Waals surface area contributed by atoms with Crippen molar-refractivity contribution in [2.75, 3.05) is 0 Å². The smallest absolute Gasteiger partial charge is 0.249 e. The van der Waals surface area contributed by atoms with Gasteiger partial charge in [-0.1, -0.05) is 20.8 Å². The molecular formula is C17H17F3N2. The molecule has 0 amide bonds. The first-order valence-electron chi connectivity index (χ1n) is 7.54. The number of rotatable bonds is 0. The summed E-state index contributed by atoms with van der Waals surface area (Å²) in [5.41, 5.74) is 2.16. The molecule has 22 heavy (non-hydrogen) atoms. The van der Waals surface area contributed by atoms with Gasteiger partial charge in [-0.05, 0) is 36.5 Å². The van der Waals surface area contributed by atoms with Crippen molar-refractivity contribution >= 4 is 11.0 Å². The highest BCUT2D eigenvalue weighted by atomic mass is 19.4. The van der Waals surface area contributed by atoms with Crippen molar-refractivity contribution in [1.82, 2.24) is 9.97 Å². The molecule has 1 fully saturated rings. The molecule has 116 valence electrons. The molecule has 1 aromatic heterocycles. The lowest BCUT2D eigenvalue weighted by atomic mass is 9.70. The van der Waals surface area contributed by atoms with Crippen molar-refractivity contribution in [3.05, 3.63) is 35.2 Å². The van der Waals surface area contributed by atoms with Crippen LogP contribution in [-0.4, -0.2) is 9.97 Å². The van der Waals surface area contributed by atoms with Crippen LogP contribution in [0.4, 0.5) is 13.2 Å². The summed E-state index contributed by atoms with van der Waals surface area (Å²) in [6.45, 7) is 6.66. The van der Waals surface area contributed by atoms with Crippen LogP contribution in [0.1, 0.15) is 56.5 Å². The zero-order valence-electron chi connectivity index (χ0n) is 12.8. The van der Waals surface area contributed by atoms with Crippen molar-refractivity contribution in [2.45, 2.75) is 51.1 Å². The Morgan fingerprint density at radius 3 is 2.50 bits per heavy atom. The maximum Gasteiger partial charge on any atom is 0.416 e. The summed E-state index contributed by atoms with van der Waals surface area (Å²) in [5.74, 6) is 0.291. The number of fused-ring (bicyclic) bond motifs is 6. The molecule has 2 atom stereocenters. The number of nitrogens with zero attached hydrogens (tertiary/aromatic N) is 2. The van der Waals surface area contributed by atoms with Crippen LogP contribution in [-0.2, 0) is 11.6 Å². The lowest BCUT2D eigenvalue weighted by Crippen LogP contribution is -2.31. The van der Waals surface area contributed by atoms with E-state index in [9.17, 15) is 13.2 Å². The second-order valence-corrected chi connectivity index (χ2v) is 7.30. The monoisotopic (exact) mass is 306 g/mol. The number of aromatic nitrogens is 2. The third-order valence-corrected chi connectivity index (χ3v) is 6.10. The van der Waals surface area contributed by atoms with Gasteiger partial charge in [-0.15, -0.1) is 0 Å². The summed E-state index contributed by atoms with van der Waals surface area (Å²) >= 11 is 0. The molecular weight excluding hydrogens is 289 g/mol. The molecule has 2 aliphatic carbocycles. The minimum atomic E-state index is -4.35. The minimum absolute atomic E-state index is 0.0309. The van der Waals surface area contributed by atoms with Crippen molar-refractivity contribution in [2.24, 2.45) is 5.41 Å². The summed E-state index contributed by atoms with van der Waals surface area (Å²) in [6, 6.07) is 3.64. The van der Waals surface area contributed by atoms with Gasteiger partial charge in [0.1, 0.15) is 0 Å². The molecule has 0 N–H and O–H groups in total. The molecule has 0 radical (unpaired) electrons. The summed E-state index contributed by atoms with van der Waals surface area (Å²) in [5, 5.41) is 0. The SMILES string of the molecule is CC12CCC(c3nc4cc(C(F)(F)F)ccc4nc31)C2(C)C. The number of halogens is 3. The number of hydrogen-bond acceptors (Lipinski definition) is 2. The Kier molecular flexibility index (Phi) is 2.42. The zero-order chi connectivity index (χ0) is 15.9. The van der Waals surface area contributed by atoms with Crippen LogP contribution in [0.2, 0.25) is 0 Å². The highest BCUT2D eigenvalue weighted by molar-refractivity contribution is 5.76. The lowest BCUT2D eigenvalue weighted by molar-refractivity contribution is -0.137. The number of hydrogen-bond donors (Lipinski definition) is 0. The first-order valence-corrected chi connectivity index (χ1v) is 7.54. The first kappa shape index (κ1) is 14.0. The van der Waals surface area contributed by atoms with E-state index in [2.05, 4.69) is 25.8 Å². The average molecular weight is 306 g/mol. The summed E-state index contributed by atoms with van der Waals surface area (Å²) < 4.78 is 38.6. The van der Waals surface area contributed by atoms with E-state index < -0.39 is 11.7 Å². The van der Waals surface area contributed by atoms with E-state index in [1.54, 1.807) is 0 Å². The number of alkyl halides is 3. The van der Waals surface area contributed by atoms with E-state index >= 15 is 0 Å². The van der Waals surface area contributed by atoms with Gasteiger partial charge in [0.05, 0.1) is 28.0 Å². The van der Waals surface area contributed by atoms with E-state index in [-0.39, 0.29) is 10.8 Å². The van der Waals surface area contributed by atoms with E-state index in [0.29, 0.717) is 17.0 Å². The van der Waals surface area contributed by atoms with Crippen molar-refractivity contribution in [3.63, 3.8) is 0 Å². The Hall–Kier alpha value is -1.65. The maximum absolute atomic E-state index is 12.9. The fourth-order valence-electron chi connectivity index (χ4n) is 4.30. The summed E-state index contributed by atoms with van der Waals surface area (Å²) in [7, 11) is 0. The van der Waals surface area contributed by atoms with E-state index in [0.717, 1.165) is 36.4 Å². The van der Waals surface area contributed by atoms with Gasteiger partial charge in [0, 0.05) is 11.3 Å². The third-order valence-electron chi connectivity index (χ3n) is 6.10. The summed E-state index contributed by atoms with van der Waals surface area (Å²) in [4.78, 5) is 9.29. The average Bonchev–Trinajstić information content (AvgIpc) is 2.75. The molecule has 2 nitrogen and oxygen atoms in total. The molecule has 0 spiro atoms. The van der Waals surface area contributed by atoms with Crippen molar-refractivity contribution < 1.29 is 13.2 Å². The second kappa shape index (κ2) is 3.81. The molecule has 1 saturated carbocycles. The second-order valence-electron chi connectivity index (χ2n) is 7.30. The zero-order valence-corrected chi connectivity index (χ0v) is 12.8. The van der Waals surface area contributed by atoms with Crippen LogP contribution in [0.3, 0.4) is 0 Å². The van der Waals surface area contributed by atoms with Crippen LogP contribution in [0.25, 0.3) is 11.0 Å². The molecule has 4 rings (SSSR count). The van der Waals surface area contributed by atoms with Crippen LogP contribution < -0.4 is 0 Å². The van der Waals surface area contributed by atoms with Gasteiger partial charge in [-0.2, -0.15) is 13.2 Å². The highest BCUT2D eigenvalue weighted by Gasteiger charge is 2.61. The quantitative estimate of drug-likeness (QED) is 0.697. The lowest BCUT2D eigenvalue weighted by Gasteiger charge is -2.34. The standard InChI is InChI=1S/C17H17F3N2/c1-15(2)10-6-7-16(15,3)14-13(10)21-12-8-9(17(18,19)20)4-5-11(12)22-14/h4-5,8,10H,6-7H2,1-3H3. The molecule has 2 aromatic rings. The van der Waals surface area contributed by atoms with Crippen LogP contribution in [0, 0.1) is 5.41 Å². The van der Waals surface area contributed by atoms with Gasteiger partial charge in [-0.25, -0.2) is 9.97 Å². The Bertz CT molecular complexity index is 794. The highest BCUT2D eigenvalue weighted by Crippen LogP contribution is 2.66. The third kappa shape index (κ3) is 1.52. The topological polar surface area (TPSA) is 25.8 Å². The minimum Gasteiger partial charge on any atom is -0.249 e. The predicted octanol–water partition coefficient (Wildman–Crippen LogP) is 4.82. The van der Waals surface area contributed by atoms with E-state index in [1.807, 2.05) is 0 Å². The molecule has 2 unspecified atom stereocenters. The predicted molar refractivity (Wildman–Crippen MR) is 77.6 cm³/mol. The van der Waals surface area contributed by atoms with Crippen molar-refractivity contribution in [1.29, 1.82) is 0 Å². The van der Waals surface area contributed by atoms with Crippen molar-refractivity contribution in [3.8, 4) is 0 Å². The Labute approximate surface area is 126 Å². The van der Waals surface area contributed by atoms with E-state index in [4.69, 9.17) is 4.98 Å².